The third kappa shape index (κ3) is 3.47. The van der Waals surface area contributed by atoms with Crippen molar-refractivity contribution >= 4 is 5.97 Å². The van der Waals surface area contributed by atoms with E-state index in [1.165, 1.54) is 58.6 Å². The van der Waals surface area contributed by atoms with Crippen LogP contribution in [0.4, 0.5) is 0 Å². The molecular weight excluding hydrogens is 226 g/mol. The summed E-state index contributed by atoms with van der Waals surface area (Å²) >= 11 is 0. The minimum absolute atomic E-state index is 0.0453. The van der Waals surface area contributed by atoms with Crippen LogP contribution in [0.3, 0.4) is 0 Å². The fourth-order valence-electron chi connectivity index (χ4n) is 3.57. The Morgan fingerprint density at radius 3 is 2.56 bits per heavy atom. The number of carbonyl (C=O) groups is 1. The Bertz CT molecular complexity index is 272. The zero-order valence-electron chi connectivity index (χ0n) is 11.9. The molecule has 0 aromatic heterocycles. The Balaban J connectivity index is 1.92. The highest BCUT2D eigenvalue weighted by molar-refractivity contribution is 5.69. The Kier molecular flexibility index (Phi) is 5.04. The zero-order valence-corrected chi connectivity index (χ0v) is 11.9. The Morgan fingerprint density at radius 2 is 1.89 bits per heavy atom. The summed E-state index contributed by atoms with van der Waals surface area (Å²) in [6.07, 6.45) is 9.66. The minimum atomic E-state index is -0.0453. The van der Waals surface area contributed by atoms with Crippen molar-refractivity contribution in [2.45, 2.75) is 70.4 Å². The van der Waals surface area contributed by atoms with Crippen LogP contribution in [-0.2, 0) is 9.53 Å². The third-order valence-corrected chi connectivity index (χ3v) is 4.76. The average Bonchev–Trinajstić information content (AvgIpc) is 2.40. The van der Waals surface area contributed by atoms with Crippen LogP contribution in [0.5, 0.6) is 0 Å². The van der Waals surface area contributed by atoms with Gasteiger partial charge in [-0.2, -0.15) is 0 Å². The number of likely N-dealkylation sites (tertiary alicyclic amines) is 1. The van der Waals surface area contributed by atoms with E-state index < -0.39 is 0 Å². The lowest BCUT2D eigenvalue weighted by Gasteiger charge is -2.43. The van der Waals surface area contributed by atoms with Gasteiger partial charge in [-0.05, 0) is 51.0 Å². The van der Waals surface area contributed by atoms with Crippen molar-refractivity contribution in [2.24, 2.45) is 5.92 Å². The second-order valence-electron chi connectivity index (χ2n) is 6.08. The molecule has 1 saturated heterocycles. The number of rotatable bonds is 3. The van der Waals surface area contributed by atoms with Gasteiger partial charge in [0, 0.05) is 12.1 Å². The van der Waals surface area contributed by atoms with Crippen LogP contribution in [0, 0.1) is 5.92 Å². The highest BCUT2D eigenvalue weighted by Crippen LogP contribution is 2.32. The molecule has 0 bridgehead atoms. The monoisotopic (exact) mass is 253 g/mol. The SMILES string of the molecule is COC(=O)CC1CCCCN1C1CCC(C)CC1. The fourth-order valence-corrected chi connectivity index (χ4v) is 3.57. The number of piperidine rings is 1. The van der Waals surface area contributed by atoms with Gasteiger partial charge in [-0.3, -0.25) is 9.69 Å². The van der Waals surface area contributed by atoms with Crippen molar-refractivity contribution < 1.29 is 9.53 Å². The number of carbonyl (C=O) groups excluding carboxylic acids is 1. The maximum Gasteiger partial charge on any atom is 0.307 e. The molecule has 2 fully saturated rings. The lowest BCUT2D eigenvalue weighted by Crippen LogP contribution is -2.48. The maximum absolute atomic E-state index is 11.5. The molecule has 1 aliphatic heterocycles. The molecule has 3 nitrogen and oxygen atoms in total. The standard InChI is InChI=1S/C15H27NO2/c1-12-6-8-13(9-7-12)16-10-4-3-5-14(16)11-15(17)18-2/h12-14H,3-11H2,1-2H3. The summed E-state index contributed by atoms with van der Waals surface area (Å²) in [7, 11) is 1.50. The van der Waals surface area contributed by atoms with Crippen LogP contribution in [-0.4, -0.2) is 36.6 Å². The molecule has 1 unspecified atom stereocenters. The van der Waals surface area contributed by atoms with E-state index >= 15 is 0 Å². The molecule has 0 spiro atoms. The maximum atomic E-state index is 11.5. The van der Waals surface area contributed by atoms with Gasteiger partial charge < -0.3 is 4.74 Å². The first kappa shape index (κ1) is 13.9. The van der Waals surface area contributed by atoms with Gasteiger partial charge in [-0.1, -0.05) is 13.3 Å². The highest BCUT2D eigenvalue weighted by Gasteiger charge is 2.32. The second-order valence-corrected chi connectivity index (χ2v) is 6.08. The van der Waals surface area contributed by atoms with E-state index in [0.717, 1.165) is 12.0 Å². The van der Waals surface area contributed by atoms with Crippen molar-refractivity contribution in [1.82, 2.24) is 4.90 Å². The summed E-state index contributed by atoms with van der Waals surface area (Å²) in [5.74, 6) is 0.848. The lowest BCUT2D eigenvalue weighted by molar-refractivity contribution is -0.142. The van der Waals surface area contributed by atoms with Gasteiger partial charge >= 0.3 is 5.97 Å². The lowest BCUT2D eigenvalue weighted by atomic mass is 9.84. The molecule has 1 aliphatic carbocycles. The van der Waals surface area contributed by atoms with Crippen molar-refractivity contribution in [2.75, 3.05) is 13.7 Å². The predicted octanol–water partition coefficient (Wildman–Crippen LogP) is 2.98. The molecule has 0 aromatic carbocycles. The van der Waals surface area contributed by atoms with Crippen LogP contribution < -0.4 is 0 Å². The van der Waals surface area contributed by atoms with E-state index in [1.54, 1.807) is 0 Å². The first-order chi connectivity index (χ1) is 8.70. The van der Waals surface area contributed by atoms with Crippen LogP contribution in [0.25, 0.3) is 0 Å². The molecule has 104 valence electrons. The Labute approximate surface area is 111 Å². The van der Waals surface area contributed by atoms with Crippen LogP contribution in [0.2, 0.25) is 0 Å². The topological polar surface area (TPSA) is 29.5 Å². The summed E-state index contributed by atoms with van der Waals surface area (Å²) in [6.45, 7) is 3.54. The molecule has 0 N–H and O–H groups in total. The van der Waals surface area contributed by atoms with E-state index in [4.69, 9.17) is 4.74 Å². The number of ether oxygens (including phenoxy) is 1. The number of esters is 1. The number of methoxy groups -OCH3 is 1. The molecule has 2 rings (SSSR count). The molecule has 0 amide bonds. The van der Waals surface area contributed by atoms with E-state index in [-0.39, 0.29) is 5.97 Å². The molecule has 1 saturated carbocycles. The van der Waals surface area contributed by atoms with Crippen molar-refractivity contribution in [3.05, 3.63) is 0 Å². The van der Waals surface area contributed by atoms with Gasteiger partial charge in [0.1, 0.15) is 0 Å². The van der Waals surface area contributed by atoms with Crippen LogP contribution in [0.15, 0.2) is 0 Å². The first-order valence-corrected chi connectivity index (χ1v) is 7.53. The summed E-state index contributed by atoms with van der Waals surface area (Å²) in [6, 6.07) is 1.15. The molecule has 18 heavy (non-hydrogen) atoms. The van der Waals surface area contributed by atoms with Gasteiger partial charge in [0.05, 0.1) is 13.5 Å². The smallest absolute Gasteiger partial charge is 0.307 e. The normalized spacial score (nSPS) is 34.2. The Morgan fingerprint density at radius 1 is 1.17 bits per heavy atom. The number of nitrogens with zero attached hydrogens (tertiary/aromatic N) is 1. The molecule has 0 radical (unpaired) electrons. The number of hydrogen-bond donors (Lipinski definition) is 0. The molecular formula is C15H27NO2. The van der Waals surface area contributed by atoms with Gasteiger partial charge in [0.2, 0.25) is 0 Å². The van der Waals surface area contributed by atoms with Gasteiger partial charge in [-0.25, -0.2) is 0 Å². The molecule has 1 heterocycles. The predicted molar refractivity (Wildman–Crippen MR) is 72.4 cm³/mol. The van der Waals surface area contributed by atoms with Gasteiger partial charge in [-0.15, -0.1) is 0 Å². The summed E-state index contributed by atoms with van der Waals surface area (Å²) < 4.78 is 4.84. The van der Waals surface area contributed by atoms with Crippen LogP contribution >= 0.6 is 0 Å². The first-order valence-electron chi connectivity index (χ1n) is 7.53. The molecule has 3 heteroatoms. The number of hydrogen-bond acceptors (Lipinski definition) is 3. The summed E-state index contributed by atoms with van der Waals surface area (Å²) in [4.78, 5) is 14.1. The van der Waals surface area contributed by atoms with Crippen molar-refractivity contribution in [1.29, 1.82) is 0 Å². The van der Waals surface area contributed by atoms with Gasteiger partial charge in [0.15, 0.2) is 0 Å². The molecule has 2 aliphatic rings. The van der Waals surface area contributed by atoms with E-state index in [9.17, 15) is 4.79 Å². The summed E-state index contributed by atoms with van der Waals surface area (Å²) in [5, 5.41) is 0. The minimum Gasteiger partial charge on any atom is -0.469 e. The summed E-state index contributed by atoms with van der Waals surface area (Å²) in [5.41, 5.74) is 0. The van der Waals surface area contributed by atoms with E-state index in [2.05, 4.69) is 11.8 Å². The van der Waals surface area contributed by atoms with Crippen molar-refractivity contribution in [3.63, 3.8) is 0 Å². The van der Waals surface area contributed by atoms with Crippen molar-refractivity contribution in [3.8, 4) is 0 Å². The Hall–Kier alpha value is -0.570. The zero-order chi connectivity index (χ0) is 13.0. The highest BCUT2D eigenvalue weighted by atomic mass is 16.5. The average molecular weight is 253 g/mol. The quantitative estimate of drug-likeness (QED) is 0.724. The van der Waals surface area contributed by atoms with E-state index in [1.807, 2.05) is 0 Å². The van der Waals surface area contributed by atoms with E-state index in [0.29, 0.717) is 12.5 Å². The van der Waals surface area contributed by atoms with Gasteiger partial charge in [0.25, 0.3) is 0 Å². The third-order valence-electron chi connectivity index (χ3n) is 4.76. The molecule has 0 aromatic rings. The molecule has 1 atom stereocenters. The second kappa shape index (κ2) is 6.55. The van der Waals surface area contributed by atoms with Crippen LogP contribution in [0.1, 0.15) is 58.3 Å². The largest absolute Gasteiger partial charge is 0.469 e. The fraction of sp³-hybridized carbons (Fsp3) is 0.933.